The van der Waals surface area contributed by atoms with Gasteiger partial charge >= 0.3 is 0 Å². The van der Waals surface area contributed by atoms with Gasteiger partial charge in [0.05, 0.1) is 5.56 Å². The molecule has 0 aliphatic carbocycles. The van der Waals surface area contributed by atoms with E-state index in [1.807, 2.05) is 20.8 Å². The average Bonchev–Trinajstić information content (AvgIpc) is 2.16. The number of benzene rings is 1. The molecule has 0 spiro atoms. The maximum Gasteiger partial charge on any atom is 0.254 e. The second-order valence-corrected chi connectivity index (χ2v) is 4.43. The van der Waals surface area contributed by atoms with Crippen LogP contribution in [0.15, 0.2) is 18.2 Å². The fraction of sp³-hybridized carbons (Fsp3) is 0.417. The Bertz CT molecular complexity index is 402. The highest BCUT2D eigenvalue weighted by Gasteiger charge is 2.20. The van der Waals surface area contributed by atoms with Gasteiger partial charge in [-0.15, -0.1) is 0 Å². The number of nitrogens with two attached hydrogens (primary N) is 1. The molecule has 0 aliphatic heterocycles. The fourth-order valence-electron chi connectivity index (χ4n) is 1.18. The molecule has 1 rings (SSSR count). The standard InChI is InChI=1S/C12H17FN2O/c1-4-12(2,3)15-11(16)9-6-5-8(14)7-10(9)13/h5-7H,4,14H2,1-3H3,(H,15,16). The zero-order valence-electron chi connectivity index (χ0n) is 9.80. The third-order valence-corrected chi connectivity index (χ3v) is 2.57. The molecule has 0 aromatic heterocycles. The van der Waals surface area contributed by atoms with E-state index in [2.05, 4.69) is 5.32 Å². The van der Waals surface area contributed by atoms with Crippen LogP contribution in [0.2, 0.25) is 0 Å². The van der Waals surface area contributed by atoms with E-state index in [0.29, 0.717) is 5.69 Å². The summed E-state index contributed by atoms with van der Waals surface area (Å²) in [6.07, 6.45) is 0.773. The summed E-state index contributed by atoms with van der Waals surface area (Å²) in [5.74, 6) is -1.01. The molecule has 88 valence electrons. The number of carbonyl (C=O) groups is 1. The van der Waals surface area contributed by atoms with Crippen LogP contribution in [-0.2, 0) is 0 Å². The number of nitrogen functional groups attached to an aromatic ring is 1. The van der Waals surface area contributed by atoms with Gasteiger partial charge < -0.3 is 11.1 Å². The summed E-state index contributed by atoms with van der Waals surface area (Å²) in [7, 11) is 0. The number of halogens is 1. The van der Waals surface area contributed by atoms with Gasteiger partial charge in [-0.3, -0.25) is 4.79 Å². The van der Waals surface area contributed by atoms with Gasteiger partial charge in [0.1, 0.15) is 5.82 Å². The zero-order valence-corrected chi connectivity index (χ0v) is 9.80. The Morgan fingerprint density at radius 2 is 2.12 bits per heavy atom. The van der Waals surface area contributed by atoms with Crippen LogP contribution in [0.4, 0.5) is 10.1 Å². The SMILES string of the molecule is CCC(C)(C)NC(=O)c1ccc(N)cc1F. The van der Waals surface area contributed by atoms with E-state index in [-0.39, 0.29) is 11.1 Å². The number of hydrogen-bond donors (Lipinski definition) is 2. The highest BCUT2D eigenvalue weighted by molar-refractivity contribution is 5.95. The van der Waals surface area contributed by atoms with Gasteiger partial charge in [0, 0.05) is 11.2 Å². The van der Waals surface area contributed by atoms with E-state index in [4.69, 9.17) is 5.73 Å². The lowest BCUT2D eigenvalue weighted by Crippen LogP contribution is -2.43. The summed E-state index contributed by atoms with van der Waals surface area (Å²) < 4.78 is 13.4. The van der Waals surface area contributed by atoms with Crippen LogP contribution in [0.1, 0.15) is 37.6 Å². The Kier molecular flexibility index (Phi) is 3.52. The van der Waals surface area contributed by atoms with Crippen molar-refractivity contribution in [2.75, 3.05) is 5.73 Å². The summed E-state index contributed by atoms with van der Waals surface area (Å²) >= 11 is 0. The van der Waals surface area contributed by atoms with Crippen molar-refractivity contribution in [1.82, 2.24) is 5.32 Å². The van der Waals surface area contributed by atoms with E-state index >= 15 is 0 Å². The van der Waals surface area contributed by atoms with Crippen molar-refractivity contribution < 1.29 is 9.18 Å². The molecule has 1 aromatic rings. The van der Waals surface area contributed by atoms with E-state index in [0.717, 1.165) is 12.5 Å². The first-order chi connectivity index (χ1) is 7.35. The summed E-state index contributed by atoms with van der Waals surface area (Å²) in [6, 6.07) is 4.05. The quantitative estimate of drug-likeness (QED) is 0.774. The van der Waals surface area contributed by atoms with Crippen LogP contribution in [-0.4, -0.2) is 11.4 Å². The summed E-state index contributed by atoms with van der Waals surface area (Å²) in [5.41, 5.74) is 5.40. The molecule has 3 N–H and O–H groups in total. The van der Waals surface area contributed by atoms with Crippen LogP contribution in [0.3, 0.4) is 0 Å². The topological polar surface area (TPSA) is 55.1 Å². The lowest BCUT2D eigenvalue weighted by Gasteiger charge is -2.24. The molecule has 3 nitrogen and oxygen atoms in total. The normalized spacial score (nSPS) is 11.2. The predicted molar refractivity (Wildman–Crippen MR) is 62.6 cm³/mol. The van der Waals surface area contributed by atoms with Gasteiger partial charge in [0.2, 0.25) is 0 Å². The monoisotopic (exact) mass is 224 g/mol. The maximum absolute atomic E-state index is 13.4. The molecule has 1 amide bonds. The van der Waals surface area contributed by atoms with Gasteiger partial charge in [-0.1, -0.05) is 6.92 Å². The number of hydrogen-bond acceptors (Lipinski definition) is 2. The Labute approximate surface area is 94.8 Å². The van der Waals surface area contributed by atoms with Crippen LogP contribution in [0.5, 0.6) is 0 Å². The van der Waals surface area contributed by atoms with Crippen LogP contribution in [0, 0.1) is 5.82 Å². The van der Waals surface area contributed by atoms with E-state index in [9.17, 15) is 9.18 Å². The van der Waals surface area contributed by atoms with E-state index in [1.165, 1.54) is 12.1 Å². The summed E-state index contributed by atoms with van der Waals surface area (Å²) in [6.45, 7) is 5.74. The molecular weight excluding hydrogens is 207 g/mol. The van der Waals surface area contributed by atoms with Crippen molar-refractivity contribution in [2.45, 2.75) is 32.7 Å². The van der Waals surface area contributed by atoms with Crippen molar-refractivity contribution >= 4 is 11.6 Å². The molecule has 0 radical (unpaired) electrons. The average molecular weight is 224 g/mol. The molecule has 16 heavy (non-hydrogen) atoms. The van der Waals surface area contributed by atoms with Crippen molar-refractivity contribution in [1.29, 1.82) is 0 Å². The highest BCUT2D eigenvalue weighted by atomic mass is 19.1. The molecule has 0 atom stereocenters. The number of nitrogens with one attached hydrogen (secondary N) is 1. The van der Waals surface area contributed by atoms with Gasteiger partial charge in [0.25, 0.3) is 5.91 Å². The lowest BCUT2D eigenvalue weighted by atomic mass is 10.0. The van der Waals surface area contributed by atoms with Crippen LogP contribution in [0.25, 0.3) is 0 Å². The number of rotatable bonds is 3. The second kappa shape index (κ2) is 4.51. The Hall–Kier alpha value is -1.58. The number of amides is 1. The predicted octanol–water partition coefficient (Wildman–Crippen LogP) is 2.33. The Morgan fingerprint density at radius 3 is 2.62 bits per heavy atom. The smallest absolute Gasteiger partial charge is 0.254 e. The van der Waals surface area contributed by atoms with Crippen molar-refractivity contribution in [3.63, 3.8) is 0 Å². The second-order valence-electron chi connectivity index (χ2n) is 4.43. The Balaban J connectivity index is 2.89. The maximum atomic E-state index is 13.4. The number of carbonyl (C=O) groups excluding carboxylic acids is 1. The molecular formula is C12H17FN2O. The third kappa shape index (κ3) is 2.95. The molecule has 0 fully saturated rings. The molecule has 0 unspecified atom stereocenters. The minimum Gasteiger partial charge on any atom is -0.399 e. The van der Waals surface area contributed by atoms with Gasteiger partial charge in [-0.25, -0.2) is 4.39 Å². The van der Waals surface area contributed by atoms with E-state index < -0.39 is 11.7 Å². The molecule has 0 aliphatic rings. The molecule has 0 saturated carbocycles. The van der Waals surface area contributed by atoms with Crippen molar-refractivity contribution in [2.24, 2.45) is 0 Å². The minimum absolute atomic E-state index is 0.0238. The largest absolute Gasteiger partial charge is 0.399 e. The van der Waals surface area contributed by atoms with Crippen molar-refractivity contribution in [3.8, 4) is 0 Å². The molecule has 1 aromatic carbocycles. The van der Waals surface area contributed by atoms with Crippen LogP contribution < -0.4 is 11.1 Å². The zero-order chi connectivity index (χ0) is 12.3. The van der Waals surface area contributed by atoms with Gasteiger partial charge in [-0.05, 0) is 38.5 Å². The van der Waals surface area contributed by atoms with Gasteiger partial charge in [-0.2, -0.15) is 0 Å². The first-order valence-corrected chi connectivity index (χ1v) is 5.23. The van der Waals surface area contributed by atoms with Crippen molar-refractivity contribution in [3.05, 3.63) is 29.6 Å². The first kappa shape index (κ1) is 12.5. The van der Waals surface area contributed by atoms with Gasteiger partial charge in [0.15, 0.2) is 0 Å². The fourth-order valence-corrected chi connectivity index (χ4v) is 1.18. The third-order valence-electron chi connectivity index (χ3n) is 2.57. The first-order valence-electron chi connectivity index (χ1n) is 5.23. The molecule has 0 saturated heterocycles. The van der Waals surface area contributed by atoms with Crippen LogP contribution >= 0.6 is 0 Å². The molecule has 0 heterocycles. The number of anilines is 1. The lowest BCUT2D eigenvalue weighted by molar-refractivity contribution is 0.0907. The highest BCUT2D eigenvalue weighted by Crippen LogP contribution is 2.14. The van der Waals surface area contributed by atoms with E-state index in [1.54, 1.807) is 0 Å². The minimum atomic E-state index is -0.593. The summed E-state index contributed by atoms with van der Waals surface area (Å²) in [4.78, 5) is 11.8. The molecule has 0 bridgehead atoms. The summed E-state index contributed by atoms with van der Waals surface area (Å²) in [5, 5.41) is 2.76. The molecule has 4 heteroatoms. The Morgan fingerprint density at radius 1 is 1.50 bits per heavy atom.